The Labute approximate surface area is 141 Å². The molecule has 2 aliphatic rings. The van der Waals surface area contributed by atoms with E-state index in [-0.39, 0.29) is 11.5 Å². The van der Waals surface area contributed by atoms with Crippen molar-refractivity contribution in [2.24, 2.45) is 10.9 Å². The second kappa shape index (κ2) is 6.40. The summed E-state index contributed by atoms with van der Waals surface area (Å²) in [5.74, 6) is 0.208. The molecule has 5 heteroatoms. The number of pyridine rings is 1. The van der Waals surface area contributed by atoms with Crippen molar-refractivity contribution >= 4 is 22.8 Å². The van der Waals surface area contributed by atoms with E-state index in [1.54, 1.807) is 12.1 Å². The maximum absolute atomic E-state index is 9.92. The van der Waals surface area contributed by atoms with Crippen LogP contribution in [0.4, 0.5) is 5.69 Å². The first-order valence-corrected chi connectivity index (χ1v) is 8.84. The summed E-state index contributed by atoms with van der Waals surface area (Å²) in [5, 5.41) is 24.0. The molecule has 0 bridgehead atoms. The number of hydrogen-bond donors (Lipinski definition) is 3. The molecule has 1 fully saturated rings. The zero-order valence-electron chi connectivity index (χ0n) is 13.8. The first-order chi connectivity index (χ1) is 11.7. The van der Waals surface area contributed by atoms with E-state index in [0.717, 1.165) is 62.0 Å². The van der Waals surface area contributed by atoms with Gasteiger partial charge < -0.3 is 15.5 Å². The zero-order valence-corrected chi connectivity index (χ0v) is 13.8. The van der Waals surface area contributed by atoms with Crippen LogP contribution in [0.2, 0.25) is 0 Å². The Morgan fingerprint density at radius 2 is 1.96 bits per heavy atom. The number of fused-ring (bicyclic) bond motifs is 2. The van der Waals surface area contributed by atoms with Gasteiger partial charge in [0.25, 0.3) is 0 Å². The number of hydrogen-bond acceptors (Lipinski definition) is 5. The molecule has 1 aliphatic carbocycles. The van der Waals surface area contributed by atoms with Crippen molar-refractivity contribution < 1.29 is 10.2 Å². The average Bonchev–Trinajstić information content (AvgIpc) is 2.61. The Kier molecular flexibility index (Phi) is 4.10. The van der Waals surface area contributed by atoms with E-state index in [1.807, 2.05) is 0 Å². The molecule has 1 aromatic carbocycles. The minimum absolute atomic E-state index is 0.115. The van der Waals surface area contributed by atoms with Gasteiger partial charge in [0.15, 0.2) is 11.5 Å². The summed E-state index contributed by atoms with van der Waals surface area (Å²) in [6.07, 6.45) is 8.63. The van der Waals surface area contributed by atoms with Crippen LogP contribution in [0.3, 0.4) is 0 Å². The molecule has 1 atom stereocenters. The van der Waals surface area contributed by atoms with Gasteiger partial charge in [-0.1, -0.05) is 0 Å². The molecule has 0 spiro atoms. The summed E-state index contributed by atoms with van der Waals surface area (Å²) in [7, 11) is 0. The predicted octanol–water partition coefficient (Wildman–Crippen LogP) is 3.23. The van der Waals surface area contributed by atoms with Crippen LogP contribution in [0, 0.1) is 5.92 Å². The predicted molar refractivity (Wildman–Crippen MR) is 95.5 cm³/mol. The zero-order chi connectivity index (χ0) is 16.5. The van der Waals surface area contributed by atoms with Crippen LogP contribution in [0.1, 0.15) is 36.9 Å². The lowest BCUT2D eigenvalue weighted by atomic mass is 9.92. The second-order valence-electron chi connectivity index (χ2n) is 6.84. The molecule has 4 rings (SSSR count). The molecule has 24 heavy (non-hydrogen) atoms. The Morgan fingerprint density at radius 3 is 2.79 bits per heavy atom. The normalized spacial score (nSPS) is 21.2. The highest BCUT2D eigenvalue weighted by molar-refractivity contribution is 5.95. The molecular formula is C19H23N3O2. The van der Waals surface area contributed by atoms with E-state index in [2.05, 4.69) is 11.5 Å². The van der Waals surface area contributed by atoms with Crippen LogP contribution in [-0.4, -0.2) is 34.5 Å². The highest BCUT2D eigenvalue weighted by Crippen LogP contribution is 2.39. The molecule has 1 aromatic heterocycles. The van der Waals surface area contributed by atoms with Gasteiger partial charge in [-0.05, 0) is 56.7 Å². The molecule has 1 aliphatic heterocycles. The Hall–Kier alpha value is -2.14. The third-order valence-corrected chi connectivity index (χ3v) is 5.08. The van der Waals surface area contributed by atoms with Crippen molar-refractivity contribution in [1.82, 2.24) is 10.3 Å². The summed E-state index contributed by atoms with van der Waals surface area (Å²) in [4.78, 5) is 9.56. The molecular weight excluding hydrogens is 302 g/mol. The number of phenols is 2. The van der Waals surface area contributed by atoms with Crippen molar-refractivity contribution in [3.05, 3.63) is 23.4 Å². The number of piperidine rings is 1. The summed E-state index contributed by atoms with van der Waals surface area (Å²) in [5.41, 5.74) is 3.93. The van der Waals surface area contributed by atoms with Gasteiger partial charge in [-0.25, -0.2) is 0 Å². The number of nitrogens with zero attached hydrogens (tertiary/aromatic N) is 2. The van der Waals surface area contributed by atoms with E-state index >= 15 is 0 Å². The van der Waals surface area contributed by atoms with Crippen LogP contribution in [0.25, 0.3) is 10.9 Å². The fourth-order valence-electron chi connectivity index (χ4n) is 3.76. The topological polar surface area (TPSA) is 77.7 Å². The van der Waals surface area contributed by atoms with Crippen molar-refractivity contribution in [2.75, 3.05) is 13.1 Å². The number of aliphatic imine (C=N–C) groups is 1. The SMILES string of the molecule is Oc1cc2nc3c(c(/N=C\C4CCCNC4)c2cc1O)CCCC3. The van der Waals surface area contributed by atoms with Crippen LogP contribution in [0.15, 0.2) is 17.1 Å². The summed E-state index contributed by atoms with van der Waals surface area (Å²) in [6, 6.07) is 3.14. The largest absolute Gasteiger partial charge is 0.504 e. The maximum atomic E-state index is 9.92. The Balaban J connectivity index is 1.83. The summed E-state index contributed by atoms with van der Waals surface area (Å²) in [6.45, 7) is 2.06. The minimum atomic E-state index is -0.128. The minimum Gasteiger partial charge on any atom is -0.504 e. The first-order valence-electron chi connectivity index (χ1n) is 8.84. The van der Waals surface area contributed by atoms with Gasteiger partial charge in [0, 0.05) is 35.8 Å². The Bertz CT molecular complexity index is 795. The highest BCUT2D eigenvalue weighted by atomic mass is 16.3. The molecule has 3 N–H and O–H groups in total. The first kappa shape index (κ1) is 15.4. The fraction of sp³-hybridized carbons (Fsp3) is 0.474. The monoisotopic (exact) mass is 325 g/mol. The highest BCUT2D eigenvalue weighted by Gasteiger charge is 2.19. The number of rotatable bonds is 2. The molecule has 0 amide bonds. The van der Waals surface area contributed by atoms with Gasteiger partial charge in [-0.3, -0.25) is 9.98 Å². The van der Waals surface area contributed by atoms with E-state index < -0.39 is 0 Å². The lowest BCUT2D eigenvalue weighted by Crippen LogP contribution is -2.30. The van der Waals surface area contributed by atoms with Crippen LogP contribution >= 0.6 is 0 Å². The van der Waals surface area contributed by atoms with Crippen LogP contribution in [0.5, 0.6) is 11.5 Å². The van der Waals surface area contributed by atoms with Crippen molar-refractivity contribution in [3.63, 3.8) is 0 Å². The van der Waals surface area contributed by atoms with E-state index in [0.29, 0.717) is 11.4 Å². The number of aromatic nitrogens is 1. The standard InChI is InChI=1S/C19H23N3O2/c23-17-8-14-16(9-18(17)24)22-15-6-2-1-5-13(15)19(14)21-11-12-4-3-7-20-10-12/h8-9,11-12,20,23-24H,1-7,10H2/b21-11-. The van der Waals surface area contributed by atoms with Gasteiger partial charge in [0.05, 0.1) is 11.2 Å². The van der Waals surface area contributed by atoms with Crippen LogP contribution in [-0.2, 0) is 12.8 Å². The molecule has 126 valence electrons. The number of benzene rings is 1. The molecule has 0 saturated carbocycles. The van der Waals surface area contributed by atoms with Gasteiger partial charge >= 0.3 is 0 Å². The van der Waals surface area contributed by atoms with E-state index in [9.17, 15) is 10.2 Å². The third kappa shape index (κ3) is 2.84. The molecule has 1 saturated heterocycles. The van der Waals surface area contributed by atoms with Crippen molar-refractivity contribution in [1.29, 1.82) is 0 Å². The number of phenolic OH excluding ortho intramolecular Hbond substituents is 2. The number of nitrogens with one attached hydrogen (secondary N) is 1. The van der Waals surface area contributed by atoms with Crippen LogP contribution < -0.4 is 5.32 Å². The van der Waals surface area contributed by atoms with Crippen molar-refractivity contribution in [3.8, 4) is 11.5 Å². The molecule has 1 unspecified atom stereocenters. The van der Waals surface area contributed by atoms with E-state index in [4.69, 9.17) is 9.98 Å². The lowest BCUT2D eigenvalue weighted by Gasteiger charge is -2.21. The smallest absolute Gasteiger partial charge is 0.159 e. The summed E-state index contributed by atoms with van der Waals surface area (Å²) >= 11 is 0. The maximum Gasteiger partial charge on any atom is 0.159 e. The average molecular weight is 325 g/mol. The van der Waals surface area contributed by atoms with Gasteiger partial charge in [0.1, 0.15) is 0 Å². The lowest BCUT2D eigenvalue weighted by molar-refractivity contribution is 0.405. The number of aromatic hydroxyl groups is 2. The van der Waals surface area contributed by atoms with Gasteiger partial charge in [-0.2, -0.15) is 0 Å². The van der Waals surface area contributed by atoms with E-state index in [1.165, 1.54) is 12.0 Å². The fourth-order valence-corrected chi connectivity index (χ4v) is 3.76. The molecule has 2 heterocycles. The molecule has 0 radical (unpaired) electrons. The van der Waals surface area contributed by atoms with Gasteiger partial charge in [-0.15, -0.1) is 0 Å². The Morgan fingerprint density at radius 1 is 1.12 bits per heavy atom. The second-order valence-corrected chi connectivity index (χ2v) is 6.84. The van der Waals surface area contributed by atoms with Crippen molar-refractivity contribution in [2.45, 2.75) is 38.5 Å². The number of aryl methyl sites for hydroxylation is 1. The molecule has 2 aromatic rings. The van der Waals surface area contributed by atoms with Gasteiger partial charge in [0.2, 0.25) is 0 Å². The third-order valence-electron chi connectivity index (χ3n) is 5.08. The summed E-state index contributed by atoms with van der Waals surface area (Å²) < 4.78 is 0. The quantitative estimate of drug-likeness (QED) is 0.585. The molecule has 5 nitrogen and oxygen atoms in total.